The van der Waals surface area contributed by atoms with Gasteiger partial charge < -0.3 is 14.4 Å². The molecule has 1 aliphatic heterocycles. The molecule has 2 fully saturated rings. The highest BCUT2D eigenvalue weighted by Gasteiger charge is 2.23. The summed E-state index contributed by atoms with van der Waals surface area (Å²) in [5.41, 5.74) is 0. The number of nitrogens with zero attached hydrogens (tertiary/aromatic N) is 5. The molecule has 0 aromatic carbocycles. The number of carbonyl (C=O) groups is 1. The van der Waals surface area contributed by atoms with Crippen molar-refractivity contribution in [3.63, 3.8) is 0 Å². The van der Waals surface area contributed by atoms with Crippen molar-refractivity contribution >= 4 is 11.7 Å². The molecule has 1 aliphatic carbocycles. The average Bonchev–Trinajstić information content (AvgIpc) is 3.27. The number of hydrogen-bond donors (Lipinski definition) is 0. The molecule has 2 aromatic rings. The third kappa shape index (κ3) is 4.54. The summed E-state index contributed by atoms with van der Waals surface area (Å²) in [5.74, 6) is 3.71. The highest BCUT2D eigenvalue weighted by molar-refractivity contribution is 5.76. The van der Waals surface area contributed by atoms with Crippen molar-refractivity contribution in [2.45, 2.75) is 51.9 Å². The second-order valence-corrected chi connectivity index (χ2v) is 8.13. The maximum absolute atomic E-state index is 12.6. The molecular weight excluding hydrogens is 350 g/mol. The molecule has 2 aromatic heterocycles. The normalized spacial score (nSPS) is 18.5. The van der Waals surface area contributed by atoms with Gasteiger partial charge in [-0.15, -0.1) is 0 Å². The van der Waals surface area contributed by atoms with Gasteiger partial charge in [-0.05, 0) is 31.4 Å². The number of aryl methyl sites for hydroxylation is 1. The molecule has 1 amide bonds. The fourth-order valence-corrected chi connectivity index (χ4v) is 4.46. The van der Waals surface area contributed by atoms with E-state index in [-0.39, 0.29) is 0 Å². The van der Waals surface area contributed by atoms with E-state index in [0.29, 0.717) is 5.91 Å². The van der Waals surface area contributed by atoms with Crippen molar-refractivity contribution in [2.75, 3.05) is 31.1 Å². The first-order chi connectivity index (χ1) is 13.7. The predicted molar refractivity (Wildman–Crippen MR) is 111 cm³/mol. The van der Waals surface area contributed by atoms with Gasteiger partial charge in [-0.1, -0.05) is 32.1 Å². The van der Waals surface area contributed by atoms with Crippen LogP contribution in [0.4, 0.5) is 5.82 Å². The molecule has 0 atom stereocenters. The molecule has 150 valence electrons. The van der Waals surface area contributed by atoms with Crippen molar-refractivity contribution in [2.24, 2.45) is 5.92 Å². The fourth-order valence-electron chi connectivity index (χ4n) is 4.46. The minimum absolute atomic E-state index is 0.331. The van der Waals surface area contributed by atoms with Crippen molar-refractivity contribution < 1.29 is 4.79 Å². The van der Waals surface area contributed by atoms with E-state index in [1.165, 1.54) is 32.1 Å². The zero-order chi connectivity index (χ0) is 19.3. The Balaban J connectivity index is 1.32. The van der Waals surface area contributed by atoms with Gasteiger partial charge in [-0.3, -0.25) is 4.79 Å². The lowest BCUT2D eigenvalue weighted by Crippen LogP contribution is -2.49. The first-order valence-electron chi connectivity index (χ1n) is 10.7. The number of amides is 1. The van der Waals surface area contributed by atoms with Crippen molar-refractivity contribution in [3.05, 3.63) is 36.4 Å². The monoisotopic (exact) mass is 381 g/mol. The topological polar surface area (TPSA) is 54.3 Å². The lowest BCUT2D eigenvalue weighted by atomic mass is 9.86. The van der Waals surface area contributed by atoms with Gasteiger partial charge in [0.25, 0.3) is 0 Å². The Morgan fingerprint density at radius 3 is 2.39 bits per heavy atom. The van der Waals surface area contributed by atoms with Crippen molar-refractivity contribution in [1.29, 1.82) is 0 Å². The molecular formula is C22H31N5O. The lowest BCUT2D eigenvalue weighted by molar-refractivity contribution is -0.131. The van der Waals surface area contributed by atoms with E-state index in [4.69, 9.17) is 0 Å². The molecule has 0 bridgehead atoms. The largest absolute Gasteiger partial charge is 0.353 e. The summed E-state index contributed by atoms with van der Waals surface area (Å²) in [5, 5.41) is 0. The third-order valence-electron chi connectivity index (χ3n) is 6.13. The third-order valence-corrected chi connectivity index (χ3v) is 6.13. The van der Waals surface area contributed by atoms with Gasteiger partial charge in [-0.25, -0.2) is 9.97 Å². The van der Waals surface area contributed by atoms with Crippen LogP contribution < -0.4 is 4.90 Å². The Kier molecular flexibility index (Phi) is 5.93. The molecule has 4 rings (SSSR count). The van der Waals surface area contributed by atoms with Crippen LogP contribution in [0.15, 0.2) is 30.6 Å². The molecule has 3 heterocycles. The first-order valence-corrected chi connectivity index (χ1v) is 10.7. The maximum Gasteiger partial charge on any atom is 0.222 e. The van der Waals surface area contributed by atoms with Gasteiger partial charge in [0.2, 0.25) is 5.91 Å². The van der Waals surface area contributed by atoms with Crippen LogP contribution in [0, 0.1) is 12.8 Å². The summed E-state index contributed by atoms with van der Waals surface area (Å²) in [6.07, 6.45) is 12.5. The predicted octanol–water partition coefficient (Wildman–Crippen LogP) is 3.58. The van der Waals surface area contributed by atoms with E-state index in [1.807, 2.05) is 47.0 Å². The summed E-state index contributed by atoms with van der Waals surface area (Å²) < 4.78 is 2.00. The van der Waals surface area contributed by atoms with Crippen LogP contribution in [0.2, 0.25) is 0 Å². The molecule has 0 radical (unpaired) electrons. The Labute approximate surface area is 167 Å². The second-order valence-electron chi connectivity index (χ2n) is 8.13. The Hall–Kier alpha value is -2.37. The van der Waals surface area contributed by atoms with E-state index in [2.05, 4.69) is 14.9 Å². The lowest BCUT2D eigenvalue weighted by Gasteiger charge is -2.36. The van der Waals surface area contributed by atoms with Crippen LogP contribution in [0.1, 0.15) is 50.8 Å². The average molecular weight is 382 g/mol. The zero-order valence-electron chi connectivity index (χ0n) is 16.9. The van der Waals surface area contributed by atoms with Gasteiger partial charge in [-0.2, -0.15) is 0 Å². The molecule has 28 heavy (non-hydrogen) atoms. The number of anilines is 1. The molecule has 1 saturated carbocycles. The minimum atomic E-state index is 0.331. The summed E-state index contributed by atoms with van der Waals surface area (Å²) in [4.78, 5) is 26.1. The standard InChI is InChI=1S/C22H31N5O/c1-18-23-20(25-11-5-6-12-25)17-21(24-18)26-13-15-27(16-14-26)22(28)10-9-19-7-3-2-4-8-19/h5-6,11-12,17,19H,2-4,7-10,13-16H2,1H3. The Morgan fingerprint density at radius 1 is 1.00 bits per heavy atom. The van der Waals surface area contributed by atoms with Crippen LogP contribution in [-0.4, -0.2) is 51.5 Å². The van der Waals surface area contributed by atoms with Gasteiger partial charge in [0, 0.05) is 51.1 Å². The van der Waals surface area contributed by atoms with E-state index < -0.39 is 0 Å². The molecule has 1 saturated heterocycles. The van der Waals surface area contributed by atoms with Gasteiger partial charge in [0.15, 0.2) is 0 Å². The summed E-state index contributed by atoms with van der Waals surface area (Å²) in [6, 6.07) is 6.02. The molecule has 0 N–H and O–H groups in total. The van der Waals surface area contributed by atoms with Crippen LogP contribution in [0.3, 0.4) is 0 Å². The number of rotatable bonds is 5. The molecule has 0 spiro atoms. The smallest absolute Gasteiger partial charge is 0.222 e. The minimum Gasteiger partial charge on any atom is -0.353 e. The van der Waals surface area contributed by atoms with Crippen molar-refractivity contribution in [3.8, 4) is 5.82 Å². The van der Waals surface area contributed by atoms with Crippen LogP contribution in [-0.2, 0) is 4.79 Å². The molecule has 6 heteroatoms. The van der Waals surface area contributed by atoms with Crippen LogP contribution in [0.25, 0.3) is 5.82 Å². The summed E-state index contributed by atoms with van der Waals surface area (Å²) in [6.45, 7) is 5.16. The van der Waals surface area contributed by atoms with E-state index in [0.717, 1.165) is 62.4 Å². The maximum atomic E-state index is 12.6. The van der Waals surface area contributed by atoms with Crippen molar-refractivity contribution in [1.82, 2.24) is 19.4 Å². The quantitative estimate of drug-likeness (QED) is 0.794. The Morgan fingerprint density at radius 2 is 1.68 bits per heavy atom. The first kappa shape index (κ1) is 19.0. The highest BCUT2D eigenvalue weighted by atomic mass is 16.2. The fraction of sp³-hybridized carbons (Fsp3) is 0.591. The van der Waals surface area contributed by atoms with Gasteiger partial charge >= 0.3 is 0 Å². The van der Waals surface area contributed by atoms with E-state index in [9.17, 15) is 4.79 Å². The number of carbonyl (C=O) groups excluding carboxylic acids is 1. The van der Waals surface area contributed by atoms with Crippen LogP contribution >= 0.6 is 0 Å². The number of aromatic nitrogens is 3. The van der Waals surface area contributed by atoms with Gasteiger partial charge in [0.05, 0.1) is 0 Å². The summed E-state index contributed by atoms with van der Waals surface area (Å²) in [7, 11) is 0. The van der Waals surface area contributed by atoms with Gasteiger partial charge in [0.1, 0.15) is 17.5 Å². The molecule has 2 aliphatic rings. The second kappa shape index (κ2) is 8.76. The van der Waals surface area contributed by atoms with E-state index in [1.54, 1.807) is 0 Å². The molecule has 0 unspecified atom stereocenters. The SMILES string of the molecule is Cc1nc(N2CCN(C(=O)CCC3CCCCC3)CC2)cc(-n2cccc2)n1. The summed E-state index contributed by atoms with van der Waals surface area (Å²) >= 11 is 0. The van der Waals surface area contributed by atoms with Crippen LogP contribution in [0.5, 0.6) is 0 Å². The highest BCUT2D eigenvalue weighted by Crippen LogP contribution is 2.27. The van der Waals surface area contributed by atoms with E-state index >= 15 is 0 Å². The number of piperazine rings is 1. The zero-order valence-corrected chi connectivity index (χ0v) is 16.9. The Bertz CT molecular complexity index is 774. The number of hydrogen-bond acceptors (Lipinski definition) is 4. The molecule has 6 nitrogen and oxygen atoms in total.